The molecule has 0 bridgehead atoms. The van der Waals surface area contributed by atoms with Gasteiger partial charge in [-0.25, -0.2) is 0 Å². The molecule has 0 radical (unpaired) electrons. The number of rotatable bonds is 7. The van der Waals surface area contributed by atoms with E-state index in [1.165, 1.54) is 0 Å². The minimum absolute atomic E-state index is 0.0755. The molecule has 24 heavy (non-hydrogen) atoms. The van der Waals surface area contributed by atoms with Crippen molar-refractivity contribution in [1.82, 2.24) is 16.0 Å². The van der Waals surface area contributed by atoms with Gasteiger partial charge in [0.15, 0.2) is 5.96 Å². The van der Waals surface area contributed by atoms with Crippen LogP contribution in [0.5, 0.6) is 0 Å². The Morgan fingerprint density at radius 3 is 2.75 bits per heavy atom. The molecule has 1 aliphatic rings. The summed E-state index contributed by atoms with van der Waals surface area (Å²) in [7, 11) is 1.63. The number of aliphatic imine (C=N–C) groups is 1. The van der Waals surface area contributed by atoms with Gasteiger partial charge in [-0.3, -0.25) is 9.79 Å². The highest BCUT2D eigenvalue weighted by Gasteiger charge is 2.34. The topological polar surface area (TPSA) is 85.8 Å². The van der Waals surface area contributed by atoms with Crippen LogP contribution in [0.1, 0.15) is 42.1 Å². The SMILES string of the molecule is CCNC(=NCC1(O)CCC1)NCCc1cccc(C(=O)NC)c1. The van der Waals surface area contributed by atoms with Crippen LogP contribution in [0.3, 0.4) is 0 Å². The average molecular weight is 332 g/mol. The predicted molar refractivity (Wildman–Crippen MR) is 96.3 cm³/mol. The molecular weight excluding hydrogens is 304 g/mol. The van der Waals surface area contributed by atoms with Crippen LogP contribution in [0.25, 0.3) is 0 Å². The molecule has 0 heterocycles. The lowest BCUT2D eigenvalue weighted by Gasteiger charge is -2.35. The van der Waals surface area contributed by atoms with E-state index in [-0.39, 0.29) is 5.91 Å². The van der Waals surface area contributed by atoms with E-state index in [2.05, 4.69) is 20.9 Å². The van der Waals surface area contributed by atoms with Crippen molar-refractivity contribution in [3.05, 3.63) is 35.4 Å². The summed E-state index contributed by atoms with van der Waals surface area (Å²) in [5.41, 5.74) is 1.16. The third kappa shape index (κ3) is 5.23. The summed E-state index contributed by atoms with van der Waals surface area (Å²) in [6, 6.07) is 7.61. The Morgan fingerprint density at radius 1 is 1.33 bits per heavy atom. The Morgan fingerprint density at radius 2 is 2.12 bits per heavy atom. The number of benzene rings is 1. The van der Waals surface area contributed by atoms with Crippen LogP contribution in [-0.2, 0) is 6.42 Å². The molecule has 0 saturated heterocycles. The van der Waals surface area contributed by atoms with Crippen molar-refractivity contribution in [2.24, 2.45) is 4.99 Å². The predicted octanol–water partition coefficient (Wildman–Crippen LogP) is 1.06. The molecular formula is C18H28N4O2. The number of hydrogen-bond donors (Lipinski definition) is 4. The van der Waals surface area contributed by atoms with E-state index in [0.29, 0.717) is 18.7 Å². The van der Waals surface area contributed by atoms with Crippen LogP contribution in [-0.4, -0.2) is 49.3 Å². The quantitative estimate of drug-likeness (QED) is 0.444. The van der Waals surface area contributed by atoms with Crippen LogP contribution in [0.2, 0.25) is 0 Å². The van der Waals surface area contributed by atoms with Crippen LogP contribution in [0.15, 0.2) is 29.3 Å². The first-order valence-electron chi connectivity index (χ1n) is 8.62. The normalized spacial score (nSPS) is 16.2. The van der Waals surface area contributed by atoms with Gasteiger partial charge in [0.05, 0.1) is 12.1 Å². The summed E-state index contributed by atoms with van der Waals surface area (Å²) >= 11 is 0. The number of nitrogens with one attached hydrogen (secondary N) is 3. The lowest BCUT2D eigenvalue weighted by atomic mass is 9.80. The summed E-state index contributed by atoms with van der Waals surface area (Å²) in [4.78, 5) is 16.1. The molecule has 132 valence electrons. The summed E-state index contributed by atoms with van der Waals surface area (Å²) in [5, 5.41) is 19.2. The molecule has 0 unspecified atom stereocenters. The van der Waals surface area contributed by atoms with Crippen molar-refractivity contribution in [3.63, 3.8) is 0 Å². The smallest absolute Gasteiger partial charge is 0.251 e. The van der Waals surface area contributed by atoms with Crippen molar-refractivity contribution < 1.29 is 9.90 Å². The molecule has 0 atom stereocenters. The van der Waals surface area contributed by atoms with Crippen LogP contribution in [0, 0.1) is 0 Å². The van der Waals surface area contributed by atoms with Gasteiger partial charge in [0.25, 0.3) is 5.91 Å². The average Bonchev–Trinajstić information content (AvgIpc) is 2.57. The van der Waals surface area contributed by atoms with Crippen LogP contribution >= 0.6 is 0 Å². The van der Waals surface area contributed by atoms with Gasteiger partial charge < -0.3 is 21.1 Å². The summed E-state index contributed by atoms with van der Waals surface area (Å²) < 4.78 is 0. The lowest BCUT2D eigenvalue weighted by Crippen LogP contribution is -2.43. The van der Waals surface area contributed by atoms with Crippen molar-refractivity contribution in [2.45, 2.75) is 38.2 Å². The van der Waals surface area contributed by atoms with Gasteiger partial charge in [-0.1, -0.05) is 12.1 Å². The molecule has 0 aliphatic heterocycles. The van der Waals surface area contributed by atoms with Gasteiger partial charge in [0.2, 0.25) is 0 Å². The van der Waals surface area contributed by atoms with Crippen LogP contribution in [0.4, 0.5) is 0 Å². The summed E-state index contributed by atoms with van der Waals surface area (Å²) in [6.45, 7) is 3.94. The Balaban J connectivity index is 1.86. The summed E-state index contributed by atoms with van der Waals surface area (Å²) in [6.07, 6.45) is 3.54. The number of carbonyl (C=O) groups is 1. The Hall–Kier alpha value is -2.08. The zero-order chi connectivity index (χ0) is 17.4. The van der Waals surface area contributed by atoms with E-state index in [9.17, 15) is 9.90 Å². The van der Waals surface area contributed by atoms with E-state index in [0.717, 1.165) is 43.8 Å². The summed E-state index contributed by atoms with van der Waals surface area (Å²) in [5.74, 6) is 0.647. The minimum atomic E-state index is -0.607. The molecule has 6 heteroatoms. The van der Waals surface area contributed by atoms with Crippen molar-refractivity contribution in [1.29, 1.82) is 0 Å². The second kappa shape index (κ2) is 8.68. The molecule has 1 aliphatic carbocycles. The van der Waals surface area contributed by atoms with Gasteiger partial charge in [-0.2, -0.15) is 0 Å². The maximum absolute atomic E-state index is 11.7. The van der Waals surface area contributed by atoms with E-state index in [1.807, 2.05) is 25.1 Å². The second-order valence-electron chi connectivity index (χ2n) is 6.23. The molecule has 1 aromatic rings. The Labute approximate surface area is 143 Å². The standard InChI is InChI=1S/C18H28N4O2/c1-3-20-17(22-13-18(24)9-5-10-18)21-11-8-14-6-4-7-15(12-14)16(23)19-2/h4,6-7,12,24H,3,5,8-11,13H2,1-2H3,(H,19,23)(H2,20,21,22). The second-order valence-corrected chi connectivity index (χ2v) is 6.23. The van der Waals surface area contributed by atoms with Gasteiger partial charge in [-0.05, 0) is 50.3 Å². The molecule has 4 N–H and O–H groups in total. The molecule has 6 nitrogen and oxygen atoms in total. The molecule has 1 fully saturated rings. The highest BCUT2D eigenvalue weighted by Crippen LogP contribution is 2.31. The molecule has 1 aromatic carbocycles. The maximum atomic E-state index is 11.7. The molecule has 0 spiro atoms. The van der Waals surface area contributed by atoms with Crippen LogP contribution < -0.4 is 16.0 Å². The highest BCUT2D eigenvalue weighted by molar-refractivity contribution is 5.94. The molecule has 2 rings (SSSR count). The van der Waals surface area contributed by atoms with Gasteiger partial charge >= 0.3 is 0 Å². The number of carbonyl (C=O) groups excluding carboxylic acids is 1. The number of amides is 1. The monoisotopic (exact) mass is 332 g/mol. The van der Waals surface area contributed by atoms with Crippen molar-refractivity contribution in [2.75, 3.05) is 26.7 Å². The van der Waals surface area contributed by atoms with Crippen molar-refractivity contribution >= 4 is 11.9 Å². The number of nitrogens with zero attached hydrogens (tertiary/aromatic N) is 1. The molecule has 1 amide bonds. The van der Waals surface area contributed by atoms with E-state index < -0.39 is 5.60 Å². The fraction of sp³-hybridized carbons (Fsp3) is 0.556. The largest absolute Gasteiger partial charge is 0.388 e. The molecule has 0 aromatic heterocycles. The third-order valence-corrected chi connectivity index (χ3v) is 4.28. The number of aliphatic hydroxyl groups is 1. The minimum Gasteiger partial charge on any atom is -0.388 e. The Bertz CT molecular complexity index is 582. The first kappa shape index (κ1) is 18.3. The molecule has 1 saturated carbocycles. The van der Waals surface area contributed by atoms with E-state index >= 15 is 0 Å². The van der Waals surface area contributed by atoms with E-state index in [1.54, 1.807) is 13.1 Å². The zero-order valence-corrected chi connectivity index (χ0v) is 14.6. The maximum Gasteiger partial charge on any atom is 0.251 e. The van der Waals surface area contributed by atoms with Gasteiger partial charge in [0.1, 0.15) is 0 Å². The number of guanidine groups is 1. The van der Waals surface area contributed by atoms with Gasteiger partial charge in [-0.15, -0.1) is 0 Å². The lowest BCUT2D eigenvalue weighted by molar-refractivity contribution is -0.0236. The third-order valence-electron chi connectivity index (χ3n) is 4.28. The first-order chi connectivity index (χ1) is 11.6. The first-order valence-corrected chi connectivity index (χ1v) is 8.62. The van der Waals surface area contributed by atoms with Gasteiger partial charge in [0, 0.05) is 25.7 Å². The van der Waals surface area contributed by atoms with Crippen molar-refractivity contribution in [3.8, 4) is 0 Å². The fourth-order valence-electron chi connectivity index (χ4n) is 2.65. The number of hydrogen-bond acceptors (Lipinski definition) is 3. The fourth-order valence-corrected chi connectivity index (χ4v) is 2.65. The van der Waals surface area contributed by atoms with E-state index in [4.69, 9.17) is 0 Å². The highest BCUT2D eigenvalue weighted by atomic mass is 16.3. The Kier molecular flexibility index (Phi) is 6.61. The zero-order valence-electron chi connectivity index (χ0n) is 14.6.